The molecule has 6 heteroatoms. The lowest BCUT2D eigenvalue weighted by atomic mass is 9.89. The molecule has 3 rings (SSSR count). The maximum Gasteiger partial charge on any atom is 0.147 e. The van der Waals surface area contributed by atoms with E-state index in [1.54, 1.807) is 0 Å². The third-order valence-corrected chi connectivity index (χ3v) is 6.22. The van der Waals surface area contributed by atoms with Crippen LogP contribution < -0.4 is 0 Å². The van der Waals surface area contributed by atoms with Crippen molar-refractivity contribution in [3.05, 3.63) is 23.7 Å². The van der Waals surface area contributed by atoms with Crippen LogP contribution in [0.5, 0.6) is 0 Å². The SMILES string of the molecule is Cc1c(-c2cc(CSC3(CO)CCCCC3)on2)cnn1C. The number of aryl methyl sites for hydroxylation is 1. The standard InChI is InChI=1S/C16H23N3O2S/c1-12-14(9-17-19(12)2)15-8-13(21-18-15)10-22-16(11-20)6-4-3-5-7-16/h8-9,20H,3-7,10-11H2,1-2H3. The lowest BCUT2D eigenvalue weighted by Crippen LogP contribution is -2.32. The molecule has 2 aromatic heterocycles. The molecule has 0 spiro atoms. The summed E-state index contributed by atoms with van der Waals surface area (Å²) < 4.78 is 7.32. The minimum atomic E-state index is 0.00935. The second-order valence-corrected chi connectivity index (χ2v) is 7.58. The van der Waals surface area contributed by atoms with Crippen molar-refractivity contribution in [2.24, 2.45) is 7.05 Å². The molecule has 0 aromatic carbocycles. The van der Waals surface area contributed by atoms with Crippen LogP contribution in [0.15, 0.2) is 16.8 Å². The van der Waals surface area contributed by atoms with E-state index in [-0.39, 0.29) is 11.4 Å². The van der Waals surface area contributed by atoms with Crippen molar-refractivity contribution in [3.8, 4) is 11.3 Å². The lowest BCUT2D eigenvalue weighted by Gasteiger charge is -2.34. The first-order valence-electron chi connectivity index (χ1n) is 7.83. The Hall–Kier alpha value is -1.27. The van der Waals surface area contributed by atoms with Gasteiger partial charge in [0.15, 0.2) is 0 Å². The molecule has 0 radical (unpaired) electrons. The van der Waals surface area contributed by atoms with Crippen molar-refractivity contribution in [1.82, 2.24) is 14.9 Å². The number of hydrogen-bond donors (Lipinski definition) is 1. The van der Waals surface area contributed by atoms with Crippen LogP contribution in [0.2, 0.25) is 0 Å². The Bertz CT molecular complexity index is 629. The van der Waals surface area contributed by atoms with Crippen molar-refractivity contribution in [3.63, 3.8) is 0 Å². The molecule has 0 aliphatic heterocycles. The highest BCUT2D eigenvalue weighted by atomic mass is 32.2. The van der Waals surface area contributed by atoms with Crippen LogP contribution in [0.25, 0.3) is 11.3 Å². The summed E-state index contributed by atoms with van der Waals surface area (Å²) in [5.74, 6) is 1.62. The summed E-state index contributed by atoms with van der Waals surface area (Å²) in [6.07, 6.45) is 7.72. The first kappa shape index (κ1) is 15.6. The Morgan fingerprint density at radius 2 is 2.14 bits per heavy atom. The van der Waals surface area contributed by atoms with Crippen LogP contribution in [0, 0.1) is 6.92 Å². The Morgan fingerprint density at radius 3 is 2.77 bits per heavy atom. The van der Waals surface area contributed by atoms with E-state index in [1.807, 2.05) is 42.7 Å². The summed E-state index contributed by atoms with van der Waals surface area (Å²) in [5, 5.41) is 18.2. The van der Waals surface area contributed by atoms with Crippen LogP contribution >= 0.6 is 11.8 Å². The van der Waals surface area contributed by atoms with Crippen molar-refractivity contribution in [2.75, 3.05) is 6.61 Å². The molecule has 120 valence electrons. The Kier molecular flexibility index (Phi) is 4.59. The molecular formula is C16H23N3O2S. The highest BCUT2D eigenvalue weighted by Gasteiger charge is 2.32. The van der Waals surface area contributed by atoms with E-state index in [4.69, 9.17) is 4.52 Å². The molecule has 0 amide bonds. The smallest absolute Gasteiger partial charge is 0.147 e. The van der Waals surface area contributed by atoms with Gasteiger partial charge >= 0.3 is 0 Å². The summed E-state index contributed by atoms with van der Waals surface area (Å²) in [5.41, 5.74) is 2.92. The van der Waals surface area contributed by atoms with Crippen LogP contribution in [0.3, 0.4) is 0 Å². The fraction of sp³-hybridized carbons (Fsp3) is 0.625. The van der Waals surface area contributed by atoms with E-state index in [2.05, 4.69) is 10.3 Å². The molecule has 0 atom stereocenters. The molecule has 0 saturated heterocycles. The average molecular weight is 321 g/mol. The van der Waals surface area contributed by atoms with Crippen LogP contribution in [-0.2, 0) is 12.8 Å². The van der Waals surface area contributed by atoms with E-state index in [1.165, 1.54) is 19.3 Å². The molecule has 1 N–H and O–H groups in total. The number of aliphatic hydroxyl groups excluding tert-OH is 1. The van der Waals surface area contributed by atoms with E-state index in [0.717, 1.165) is 41.3 Å². The monoisotopic (exact) mass is 321 g/mol. The van der Waals surface area contributed by atoms with Gasteiger partial charge in [-0.05, 0) is 19.8 Å². The third-order valence-electron chi connectivity index (χ3n) is 4.64. The van der Waals surface area contributed by atoms with Crippen LogP contribution in [0.4, 0.5) is 0 Å². The summed E-state index contributed by atoms with van der Waals surface area (Å²) in [6, 6.07) is 1.99. The van der Waals surface area contributed by atoms with Gasteiger partial charge in [0.2, 0.25) is 0 Å². The predicted molar refractivity (Wildman–Crippen MR) is 87.6 cm³/mol. The zero-order chi connectivity index (χ0) is 15.6. The number of rotatable bonds is 5. The second-order valence-electron chi connectivity index (χ2n) is 6.14. The second kappa shape index (κ2) is 6.46. The van der Waals surface area contributed by atoms with Gasteiger partial charge in [0.05, 0.1) is 18.6 Å². The van der Waals surface area contributed by atoms with E-state index < -0.39 is 0 Å². The highest BCUT2D eigenvalue weighted by Crippen LogP contribution is 2.41. The van der Waals surface area contributed by atoms with Gasteiger partial charge in [-0.2, -0.15) is 5.10 Å². The minimum Gasteiger partial charge on any atom is -0.395 e. The topological polar surface area (TPSA) is 64.1 Å². The van der Waals surface area contributed by atoms with Gasteiger partial charge in [0.1, 0.15) is 11.5 Å². The van der Waals surface area contributed by atoms with Gasteiger partial charge < -0.3 is 9.63 Å². The van der Waals surface area contributed by atoms with E-state index in [0.29, 0.717) is 0 Å². The van der Waals surface area contributed by atoms with Gasteiger partial charge in [0.25, 0.3) is 0 Å². The van der Waals surface area contributed by atoms with Crippen LogP contribution in [0.1, 0.15) is 43.6 Å². The fourth-order valence-electron chi connectivity index (χ4n) is 3.03. The summed E-state index contributed by atoms with van der Waals surface area (Å²) in [7, 11) is 1.92. The molecule has 0 unspecified atom stereocenters. The zero-order valence-electron chi connectivity index (χ0n) is 13.2. The highest BCUT2D eigenvalue weighted by molar-refractivity contribution is 7.99. The Balaban J connectivity index is 1.68. The van der Waals surface area contributed by atoms with Gasteiger partial charge in [-0.25, -0.2) is 0 Å². The number of aliphatic hydroxyl groups is 1. The van der Waals surface area contributed by atoms with Gasteiger partial charge in [-0.1, -0.05) is 24.4 Å². The van der Waals surface area contributed by atoms with Crippen molar-refractivity contribution >= 4 is 11.8 Å². The normalized spacial score (nSPS) is 17.8. The minimum absolute atomic E-state index is 0.00935. The quantitative estimate of drug-likeness (QED) is 0.915. The number of hydrogen-bond acceptors (Lipinski definition) is 5. The van der Waals surface area contributed by atoms with E-state index in [9.17, 15) is 5.11 Å². The molecule has 2 heterocycles. The number of aromatic nitrogens is 3. The third kappa shape index (κ3) is 3.08. The summed E-state index contributed by atoms with van der Waals surface area (Å²) in [6.45, 7) is 2.27. The first-order valence-corrected chi connectivity index (χ1v) is 8.81. The van der Waals surface area contributed by atoms with Gasteiger partial charge in [0, 0.05) is 29.1 Å². The molecule has 2 aromatic rings. The molecule has 5 nitrogen and oxygen atoms in total. The zero-order valence-corrected chi connectivity index (χ0v) is 14.0. The lowest BCUT2D eigenvalue weighted by molar-refractivity contribution is 0.214. The first-order chi connectivity index (χ1) is 10.6. The number of nitrogens with zero attached hydrogens (tertiary/aromatic N) is 3. The van der Waals surface area contributed by atoms with E-state index >= 15 is 0 Å². The number of thioether (sulfide) groups is 1. The van der Waals surface area contributed by atoms with Gasteiger partial charge in [-0.15, -0.1) is 11.8 Å². The van der Waals surface area contributed by atoms with Crippen molar-refractivity contribution in [1.29, 1.82) is 0 Å². The maximum absolute atomic E-state index is 9.76. The molecule has 1 aliphatic rings. The molecule has 1 aliphatic carbocycles. The molecule has 22 heavy (non-hydrogen) atoms. The summed E-state index contributed by atoms with van der Waals surface area (Å²) >= 11 is 1.81. The van der Waals surface area contributed by atoms with Gasteiger partial charge in [-0.3, -0.25) is 4.68 Å². The van der Waals surface area contributed by atoms with Crippen LogP contribution in [-0.4, -0.2) is 31.4 Å². The molecule has 0 bridgehead atoms. The largest absolute Gasteiger partial charge is 0.395 e. The summed E-state index contributed by atoms with van der Waals surface area (Å²) in [4.78, 5) is 0. The molecule has 1 saturated carbocycles. The predicted octanol–water partition coefficient (Wildman–Crippen LogP) is 3.31. The maximum atomic E-state index is 9.76. The van der Waals surface area contributed by atoms with Crippen molar-refractivity contribution < 1.29 is 9.63 Å². The fourth-order valence-corrected chi connectivity index (χ4v) is 4.28. The molecular weight excluding hydrogens is 298 g/mol. The average Bonchev–Trinajstić information content (AvgIpc) is 3.14. The van der Waals surface area contributed by atoms with Crippen molar-refractivity contribution in [2.45, 2.75) is 49.5 Å². The Labute approximate surface area is 135 Å². The Morgan fingerprint density at radius 1 is 1.36 bits per heavy atom. The molecule has 1 fully saturated rings.